The largest absolute Gasteiger partial charge is 0.493 e. The van der Waals surface area contributed by atoms with Crippen LogP contribution in [0.3, 0.4) is 0 Å². The molecular formula is C12H21N3O2. The number of rotatable bonds is 3. The zero-order valence-electron chi connectivity index (χ0n) is 10.5. The topological polar surface area (TPSA) is 73.3 Å². The van der Waals surface area contributed by atoms with Crippen molar-refractivity contribution in [2.45, 2.75) is 50.8 Å². The number of hydrogen-bond acceptors (Lipinski definition) is 4. The number of nitrogens with zero attached hydrogens (tertiary/aromatic N) is 2. The lowest BCUT2D eigenvalue weighted by atomic mass is 9.80. The van der Waals surface area contributed by atoms with Crippen LogP contribution in [0.1, 0.15) is 38.3 Å². The van der Waals surface area contributed by atoms with Gasteiger partial charge in [-0.2, -0.15) is 5.10 Å². The van der Waals surface area contributed by atoms with E-state index in [0.29, 0.717) is 18.6 Å². The molecule has 1 saturated carbocycles. The molecule has 0 unspecified atom stereocenters. The summed E-state index contributed by atoms with van der Waals surface area (Å²) in [4.78, 5) is 0. The minimum atomic E-state index is -0.840. The van der Waals surface area contributed by atoms with Gasteiger partial charge >= 0.3 is 0 Å². The van der Waals surface area contributed by atoms with E-state index in [1.165, 1.54) is 0 Å². The molecule has 0 saturated heterocycles. The molecule has 0 aromatic carbocycles. The van der Waals surface area contributed by atoms with Crippen LogP contribution in [0.15, 0.2) is 6.20 Å². The van der Waals surface area contributed by atoms with Gasteiger partial charge in [0.05, 0.1) is 13.3 Å². The van der Waals surface area contributed by atoms with Gasteiger partial charge in [0.2, 0.25) is 0 Å². The van der Waals surface area contributed by atoms with Crippen LogP contribution in [0.25, 0.3) is 0 Å². The monoisotopic (exact) mass is 239 g/mol. The van der Waals surface area contributed by atoms with Crippen LogP contribution in [-0.4, -0.2) is 28.0 Å². The molecule has 0 spiro atoms. The Morgan fingerprint density at radius 1 is 1.59 bits per heavy atom. The quantitative estimate of drug-likeness (QED) is 0.825. The zero-order chi connectivity index (χ0) is 12.5. The van der Waals surface area contributed by atoms with Crippen molar-refractivity contribution in [3.05, 3.63) is 11.9 Å². The van der Waals surface area contributed by atoms with E-state index in [1.54, 1.807) is 13.3 Å². The third-order valence-electron chi connectivity index (χ3n) is 3.62. The maximum Gasteiger partial charge on any atom is 0.162 e. The highest BCUT2D eigenvalue weighted by molar-refractivity contribution is 5.31. The molecule has 0 bridgehead atoms. The summed E-state index contributed by atoms with van der Waals surface area (Å²) < 4.78 is 7.11. The molecule has 96 valence electrons. The van der Waals surface area contributed by atoms with Crippen molar-refractivity contribution in [1.29, 1.82) is 0 Å². The fraction of sp³-hybridized carbons (Fsp3) is 0.750. The molecule has 5 nitrogen and oxygen atoms in total. The van der Waals surface area contributed by atoms with Gasteiger partial charge in [-0.25, -0.2) is 0 Å². The van der Waals surface area contributed by atoms with Gasteiger partial charge < -0.3 is 15.6 Å². The van der Waals surface area contributed by atoms with Crippen LogP contribution < -0.4 is 10.5 Å². The molecule has 0 atom stereocenters. The van der Waals surface area contributed by atoms with Gasteiger partial charge in [-0.3, -0.25) is 4.68 Å². The molecule has 1 aliphatic carbocycles. The van der Waals surface area contributed by atoms with Crippen molar-refractivity contribution in [3.8, 4) is 5.75 Å². The SMILES string of the molecule is CCn1ncc(OC)c1C1(O)CCC(N)CC1. The second kappa shape index (κ2) is 4.66. The van der Waals surface area contributed by atoms with E-state index in [0.717, 1.165) is 25.1 Å². The molecule has 1 aliphatic rings. The predicted molar refractivity (Wildman–Crippen MR) is 64.8 cm³/mol. The van der Waals surface area contributed by atoms with Crippen molar-refractivity contribution in [3.63, 3.8) is 0 Å². The Labute approximate surface area is 102 Å². The smallest absolute Gasteiger partial charge is 0.162 e. The van der Waals surface area contributed by atoms with Crippen LogP contribution in [-0.2, 0) is 12.1 Å². The molecule has 0 aliphatic heterocycles. The highest BCUT2D eigenvalue weighted by Crippen LogP contribution is 2.40. The second-order valence-corrected chi connectivity index (χ2v) is 4.75. The number of aromatic nitrogens is 2. The van der Waals surface area contributed by atoms with Crippen molar-refractivity contribution >= 4 is 0 Å². The summed E-state index contributed by atoms with van der Waals surface area (Å²) >= 11 is 0. The fourth-order valence-electron chi connectivity index (χ4n) is 2.58. The van der Waals surface area contributed by atoms with Gasteiger partial charge in [0.1, 0.15) is 11.3 Å². The van der Waals surface area contributed by atoms with Gasteiger partial charge in [0, 0.05) is 12.6 Å². The normalized spacial score (nSPS) is 29.3. The number of ether oxygens (including phenoxy) is 1. The maximum absolute atomic E-state index is 10.8. The third kappa shape index (κ3) is 2.17. The first-order valence-electron chi connectivity index (χ1n) is 6.19. The molecule has 17 heavy (non-hydrogen) atoms. The molecule has 5 heteroatoms. The van der Waals surface area contributed by atoms with Gasteiger partial charge in [-0.05, 0) is 32.6 Å². The Kier molecular flexibility index (Phi) is 3.40. The standard InChI is InChI=1S/C12H21N3O2/c1-3-15-11(10(17-2)8-14-15)12(16)6-4-9(13)5-7-12/h8-9,16H,3-7,13H2,1-2H3. The summed E-state index contributed by atoms with van der Waals surface area (Å²) in [5.74, 6) is 0.671. The minimum absolute atomic E-state index is 0.208. The van der Waals surface area contributed by atoms with Crippen LogP contribution in [0.5, 0.6) is 5.75 Å². The molecular weight excluding hydrogens is 218 g/mol. The van der Waals surface area contributed by atoms with Crippen molar-refractivity contribution in [2.75, 3.05) is 7.11 Å². The van der Waals surface area contributed by atoms with E-state index in [4.69, 9.17) is 10.5 Å². The summed E-state index contributed by atoms with van der Waals surface area (Å²) in [7, 11) is 1.61. The Morgan fingerprint density at radius 3 is 2.76 bits per heavy atom. The van der Waals surface area contributed by atoms with Crippen molar-refractivity contribution in [1.82, 2.24) is 9.78 Å². The van der Waals surface area contributed by atoms with E-state index in [2.05, 4.69) is 5.10 Å². The lowest BCUT2D eigenvalue weighted by Gasteiger charge is -2.35. The first-order chi connectivity index (χ1) is 8.10. The number of hydrogen-bond donors (Lipinski definition) is 2. The average molecular weight is 239 g/mol. The molecule has 3 N–H and O–H groups in total. The minimum Gasteiger partial charge on any atom is -0.493 e. The summed E-state index contributed by atoms with van der Waals surface area (Å²) in [5, 5.41) is 15.0. The van der Waals surface area contributed by atoms with Crippen molar-refractivity contribution < 1.29 is 9.84 Å². The Balaban J connectivity index is 2.34. The highest BCUT2D eigenvalue weighted by Gasteiger charge is 2.39. The van der Waals surface area contributed by atoms with Crippen LogP contribution in [0.2, 0.25) is 0 Å². The summed E-state index contributed by atoms with van der Waals surface area (Å²) in [6.07, 6.45) is 4.71. The summed E-state index contributed by atoms with van der Waals surface area (Å²) in [6.45, 7) is 2.74. The Bertz CT molecular complexity index is 360. The number of aryl methyl sites for hydroxylation is 1. The predicted octanol–water partition coefficient (Wildman–Crippen LogP) is 1.00. The molecule has 1 aromatic rings. The Morgan fingerprint density at radius 2 is 2.24 bits per heavy atom. The van der Waals surface area contributed by atoms with Crippen LogP contribution in [0, 0.1) is 0 Å². The third-order valence-corrected chi connectivity index (χ3v) is 3.62. The van der Waals surface area contributed by atoms with Crippen molar-refractivity contribution in [2.24, 2.45) is 5.73 Å². The lowest BCUT2D eigenvalue weighted by Crippen LogP contribution is -2.38. The summed E-state index contributed by atoms with van der Waals surface area (Å²) in [6, 6.07) is 0.208. The van der Waals surface area contributed by atoms with E-state index in [9.17, 15) is 5.11 Å². The summed E-state index contributed by atoms with van der Waals surface area (Å²) in [5.41, 5.74) is 5.85. The van der Waals surface area contributed by atoms with Crippen LogP contribution >= 0.6 is 0 Å². The fourth-order valence-corrected chi connectivity index (χ4v) is 2.58. The van der Waals surface area contributed by atoms with Gasteiger partial charge in [-0.15, -0.1) is 0 Å². The number of methoxy groups -OCH3 is 1. The zero-order valence-corrected chi connectivity index (χ0v) is 10.5. The van der Waals surface area contributed by atoms with Gasteiger partial charge in [0.25, 0.3) is 0 Å². The molecule has 2 rings (SSSR count). The molecule has 1 aromatic heterocycles. The molecule has 1 heterocycles. The maximum atomic E-state index is 10.8. The average Bonchev–Trinajstić information content (AvgIpc) is 2.77. The van der Waals surface area contributed by atoms with Gasteiger partial charge in [0.15, 0.2) is 5.75 Å². The van der Waals surface area contributed by atoms with E-state index in [1.807, 2.05) is 11.6 Å². The van der Waals surface area contributed by atoms with Crippen LogP contribution in [0.4, 0.5) is 0 Å². The molecule has 1 fully saturated rings. The number of aliphatic hydroxyl groups is 1. The van der Waals surface area contributed by atoms with Gasteiger partial charge in [-0.1, -0.05) is 0 Å². The van der Waals surface area contributed by atoms with E-state index in [-0.39, 0.29) is 6.04 Å². The first kappa shape index (κ1) is 12.4. The lowest BCUT2D eigenvalue weighted by molar-refractivity contribution is -0.0146. The molecule has 0 amide bonds. The first-order valence-corrected chi connectivity index (χ1v) is 6.19. The number of nitrogens with two attached hydrogens (primary N) is 1. The van der Waals surface area contributed by atoms with E-state index >= 15 is 0 Å². The Hall–Kier alpha value is -1.07. The molecule has 0 radical (unpaired) electrons. The highest BCUT2D eigenvalue weighted by atomic mass is 16.5. The second-order valence-electron chi connectivity index (χ2n) is 4.75. The van der Waals surface area contributed by atoms with E-state index < -0.39 is 5.60 Å².